The van der Waals surface area contributed by atoms with E-state index in [4.69, 9.17) is 9.47 Å². The minimum Gasteiger partial charge on any atom is -0.493 e. The number of nitrogens with zero attached hydrogens (tertiary/aromatic N) is 1. The summed E-state index contributed by atoms with van der Waals surface area (Å²) in [6.45, 7) is 2.61. The van der Waals surface area contributed by atoms with Crippen LogP contribution in [-0.4, -0.2) is 35.4 Å². The number of amides is 1. The predicted molar refractivity (Wildman–Crippen MR) is 128 cm³/mol. The monoisotopic (exact) mass is 482 g/mol. The van der Waals surface area contributed by atoms with Crippen molar-refractivity contribution in [3.05, 3.63) is 74.2 Å². The standard InChI is InChI=1S/C24H22N2O5S2/c1-2-30-23(28)14-7-9-16(10-8-14)25-19(27)11-26-22-21(33-24(26)29)20-15(13-32-22)12-31-18-6-4-3-5-17(18)20/h3-10,15,20H,2,11-13H2,1H3,(H,25,27)/t15-,20-/m1/s1. The van der Waals surface area contributed by atoms with E-state index in [9.17, 15) is 14.4 Å². The number of carbonyl (C=O) groups is 2. The summed E-state index contributed by atoms with van der Waals surface area (Å²) < 4.78 is 12.5. The topological polar surface area (TPSA) is 86.6 Å². The molecule has 1 amide bonds. The third kappa shape index (κ3) is 4.18. The maximum absolute atomic E-state index is 12.9. The van der Waals surface area contributed by atoms with E-state index < -0.39 is 5.97 Å². The summed E-state index contributed by atoms with van der Waals surface area (Å²) in [6.07, 6.45) is 0. The van der Waals surface area contributed by atoms with Crippen LogP contribution in [0.4, 0.5) is 5.69 Å². The molecule has 9 heteroatoms. The van der Waals surface area contributed by atoms with E-state index in [0.717, 1.165) is 27.0 Å². The Bertz CT molecular complexity index is 1260. The Labute approximate surface area is 198 Å². The molecule has 2 aromatic carbocycles. The second-order valence-electron chi connectivity index (χ2n) is 7.87. The summed E-state index contributed by atoms with van der Waals surface area (Å²) >= 11 is 2.84. The second kappa shape index (κ2) is 9.07. The molecule has 5 rings (SSSR count). The van der Waals surface area contributed by atoms with Crippen LogP contribution in [0.1, 0.15) is 33.6 Å². The zero-order valence-corrected chi connectivity index (χ0v) is 19.5. The molecule has 0 saturated carbocycles. The highest BCUT2D eigenvalue weighted by molar-refractivity contribution is 7.99. The molecule has 170 valence electrons. The Morgan fingerprint density at radius 1 is 1.18 bits per heavy atom. The lowest BCUT2D eigenvalue weighted by molar-refractivity contribution is -0.116. The number of esters is 1. The Morgan fingerprint density at radius 2 is 1.97 bits per heavy atom. The lowest BCUT2D eigenvalue weighted by atomic mass is 9.84. The second-order valence-corrected chi connectivity index (χ2v) is 9.87. The summed E-state index contributed by atoms with van der Waals surface area (Å²) in [4.78, 5) is 38.3. The first kappa shape index (κ1) is 21.8. The number of benzene rings is 2. The number of thiazole rings is 1. The highest BCUT2D eigenvalue weighted by Crippen LogP contribution is 2.50. The summed E-state index contributed by atoms with van der Waals surface area (Å²) in [5.41, 5.74) is 2.08. The van der Waals surface area contributed by atoms with Crippen molar-refractivity contribution in [2.45, 2.75) is 24.4 Å². The molecule has 0 bridgehead atoms. The summed E-state index contributed by atoms with van der Waals surface area (Å²) in [5, 5.41) is 3.68. The molecule has 0 aliphatic carbocycles. The van der Waals surface area contributed by atoms with E-state index in [0.29, 0.717) is 30.4 Å². The molecular formula is C24H22N2O5S2. The van der Waals surface area contributed by atoms with Crippen molar-refractivity contribution in [1.29, 1.82) is 0 Å². The van der Waals surface area contributed by atoms with E-state index >= 15 is 0 Å². The van der Waals surface area contributed by atoms with E-state index in [2.05, 4.69) is 11.4 Å². The fourth-order valence-electron chi connectivity index (χ4n) is 4.24. The number of carbonyl (C=O) groups excluding carboxylic acids is 2. The number of nitrogens with one attached hydrogen (secondary N) is 1. The molecule has 2 aliphatic rings. The number of ether oxygens (including phenoxy) is 2. The van der Waals surface area contributed by atoms with Gasteiger partial charge in [-0.15, -0.1) is 11.8 Å². The van der Waals surface area contributed by atoms with Crippen molar-refractivity contribution >= 4 is 40.7 Å². The molecule has 0 saturated heterocycles. The number of rotatable bonds is 5. The van der Waals surface area contributed by atoms with Crippen molar-refractivity contribution in [3.8, 4) is 5.75 Å². The van der Waals surface area contributed by atoms with Crippen LogP contribution in [-0.2, 0) is 16.1 Å². The molecule has 1 aromatic heterocycles. The lowest BCUT2D eigenvalue weighted by Gasteiger charge is -2.36. The fraction of sp³-hybridized carbons (Fsp3) is 0.292. The van der Waals surface area contributed by atoms with E-state index in [1.807, 2.05) is 18.2 Å². The van der Waals surface area contributed by atoms with Crippen molar-refractivity contribution in [1.82, 2.24) is 4.57 Å². The van der Waals surface area contributed by atoms with Gasteiger partial charge in [-0.05, 0) is 37.3 Å². The van der Waals surface area contributed by atoms with Crippen LogP contribution in [0, 0.1) is 5.92 Å². The zero-order chi connectivity index (χ0) is 22.9. The number of hydrogen-bond donors (Lipinski definition) is 1. The highest BCUT2D eigenvalue weighted by Gasteiger charge is 2.39. The van der Waals surface area contributed by atoms with E-state index in [1.54, 1.807) is 47.5 Å². The van der Waals surface area contributed by atoms with Crippen LogP contribution in [0.25, 0.3) is 0 Å². The van der Waals surface area contributed by atoms with Gasteiger partial charge in [0.15, 0.2) is 0 Å². The van der Waals surface area contributed by atoms with Crippen molar-refractivity contribution in [2.24, 2.45) is 5.92 Å². The van der Waals surface area contributed by atoms with Gasteiger partial charge in [-0.1, -0.05) is 29.5 Å². The average molecular weight is 483 g/mol. The summed E-state index contributed by atoms with van der Waals surface area (Å²) in [7, 11) is 0. The van der Waals surface area contributed by atoms with Crippen molar-refractivity contribution < 1.29 is 19.1 Å². The Balaban J connectivity index is 1.35. The molecule has 0 radical (unpaired) electrons. The van der Waals surface area contributed by atoms with Gasteiger partial charge in [0.2, 0.25) is 5.91 Å². The summed E-state index contributed by atoms with van der Waals surface area (Å²) in [6, 6.07) is 14.5. The van der Waals surface area contributed by atoms with Crippen LogP contribution >= 0.6 is 23.1 Å². The SMILES string of the molecule is CCOC(=O)c1ccc(NC(=O)Cn2c3c(sc2=O)[C@H]2c4ccccc4OC[C@@H]2CS3)cc1. The number of para-hydroxylation sites is 1. The zero-order valence-electron chi connectivity index (χ0n) is 17.9. The highest BCUT2D eigenvalue weighted by atomic mass is 32.2. The van der Waals surface area contributed by atoms with Crippen molar-refractivity contribution in [3.63, 3.8) is 0 Å². The lowest BCUT2D eigenvalue weighted by Crippen LogP contribution is -2.31. The Hall–Kier alpha value is -3.04. The third-order valence-corrected chi connectivity index (χ3v) is 8.25. The van der Waals surface area contributed by atoms with Gasteiger partial charge in [0.25, 0.3) is 0 Å². The third-order valence-electron chi connectivity index (χ3n) is 5.75. The normalized spacial score (nSPS) is 18.3. The quantitative estimate of drug-likeness (QED) is 0.554. The molecule has 0 spiro atoms. The number of anilines is 1. The maximum atomic E-state index is 12.9. The van der Waals surface area contributed by atoms with Gasteiger partial charge in [0.05, 0.1) is 23.8 Å². The fourth-order valence-corrected chi connectivity index (χ4v) is 6.93. The first-order valence-corrected chi connectivity index (χ1v) is 12.5. The number of hydrogen-bond acceptors (Lipinski definition) is 7. The molecule has 0 unspecified atom stereocenters. The van der Waals surface area contributed by atoms with Gasteiger partial charge in [0, 0.05) is 33.7 Å². The molecule has 33 heavy (non-hydrogen) atoms. The molecule has 3 aromatic rings. The van der Waals surface area contributed by atoms with Gasteiger partial charge in [-0.2, -0.15) is 0 Å². The van der Waals surface area contributed by atoms with E-state index in [-0.39, 0.29) is 23.2 Å². The summed E-state index contributed by atoms with van der Waals surface area (Å²) in [5.74, 6) is 1.42. The first-order chi connectivity index (χ1) is 16.0. The number of fused-ring (bicyclic) bond motifs is 5. The molecule has 1 N–H and O–H groups in total. The van der Waals surface area contributed by atoms with Gasteiger partial charge >= 0.3 is 10.8 Å². The van der Waals surface area contributed by atoms with Gasteiger partial charge in [0.1, 0.15) is 12.3 Å². The Kier molecular flexibility index (Phi) is 5.99. The number of thioether (sulfide) groups is 1. The van der Waals surface area contributed by atoms with Crippen LogP contribution in [0.3, 0.4) is 0 Å². The Morgan fingerprint density at radius 3 is 2.76 bits per heavy atom. The first-order valence-electron chi connectivity index (χ1n) is 10.7. The average Bonchev–Trinajstić information content (AvgIpc) is 3.14. The van der Waals surface area contributed by atoms with Gasteiger partial charge < -0.3 is 14.8 Å². The largest absolute Gasteiger partial charge is 0.493 e. The molecule has 0 fully saturated rings. The van der Waals surface area contributed by atoms with Crippen LogP contribution in [0.15, 0.2) is 58.4 Å². The molecule has 3 heterocycles. The molecule has 2 atom stereocenters. The maximum Gasteiger partial charge on any atom is 0.338 e. The van der Waals surface area contributed by atoms with Crippen molar-refractivity contribution in [2.75, 3.05) is 24.3 Å². The van der Waals surface area contributed by atoms with Crippen LogP contribution < -0.4 is 14.9 Å². The molecule has 7 nitrogen and oxygen atoms in total. The minimum absolute atomic E-state index is 0.0627. The number of aromatic nitrogens is 1. The molecular weight excluding hydrogens is 460 g/mol. The van der Waals surface area contributed by atoms with Gasteiger partial charge in [-0.25, -0.2) is 4.79 Å². The van der Waals surface area contributed by atoms with E-state index in [1.165, 1.54) is 11.3 Å². The predicted octanol–water partition coefficient (Wildman–Crippen LogP) is 3.97. The van der Waals surface area contributed by atoms with Crippen LogP contribution in [0.2, 0.25) is 0 Å². The molecule has 2 aliphatic heterocycles. The smallest absolute Gasteiger partial charge is 0.338 e. The van der Waals surface area contributed by atoms with Crippen LogP contribution in [0.5, 0.6) is 5.75 Å². The van der Waals surface area contributed by atoms with Gasteiger partial charge in [-0.3, -0.25) is 14.2 Å². The minimum atomic E-state index is -0.406.